The zero-order chi connectivity index (χ0) is 14.7. The first-order chi connectivity index (χ1) is 10.2. The third kappa shape index (κ3) is 3.54. The smallest absolute Gasteiger partial charge is 0.410 e. The molecule has 1 aromatic rings. The minimum absolute atomic E-state index is 0.239. The lowest BCUT2D eigenvalue weighted by atomic mass is 10.0. The van der Waals surface area contributed by atoms with Crippen LogP contribution in [0.25, 0.3) is 0 Å². The van der Waals surface area contributed by atoms with E-state index in [0.29, 0.717) is 17.8 Å². The van der Waals surface area contributed by atoms with Crippen LogP contribution in [0.2, 0.25) is 0 Å². The van der Waals surface area contributed by atoms with Crippen molar-refractivity contribution in [2.24, 2.45) is 5.73 Å². The Morgan fingerprint density at radius 3 is 2.52 bits per heavy atom. The Kier molecular flexibility index (Phi) is 4.41. The first-order valence-electron chi connectivity index (χ1n) is 7.74. The molecular formula is C16H23N3O2. The Morgan fingerprint density at radius 1 is 1.10 bits per heavy atom. The van der Waals surface area contributed by atoms with Gasteiger partial charge < -0.3 is 15.4 Å². The maximum absolute atomic E-state index is 12.2. The zero-order valence-electron chi connectivity index (χ0n) is 12.3. The van der Waals surface area contributed by atoms with E-state index in [1.807, 2.05) is 23.1 Å². The Hall–Kier alpha value is -1.59. The topological polar surface area (TPSA) is 58.8 Å². The fraction of sp³-hybridized carbons (Fsp3) is 0.562. The Balaban J connectivity index is 1.51. The molecule has 21 heavy (non-hydrogen) atoms. The fourth-order valence-electron chi connectivity index (χ4n) is 3.14. The van der Waals surface area contributed by atoms with Gasteiger partial charge in [-0.25, -0.2) is 4.79 Å². The molecular weight excluding hydrogens is 266 g/mol. The minimum Gasteiger partial charge on any atom is -0.410 e. The summed E-state index contributed by atoms with van der Waals surface area (Å²) >= 11 is 0. The predicted octanol–water partition coefficient (Wildman–Crippen LogP) is 1.68. The molecule has 2 aliphatic heterocycles. The summed E-state index contributed by atoms with van der Waals surface area (Å²) in [4.78, 5) is 16.4. The molecule has 5 heteroatoms. The van der Waals surface area contributed by atoms with Crippen LogP contribution in [0.1, 0.15) is 19.3 Å². The molecule has 2 fully saturated rings. The number of para-hydroxylation sites is 1. The Labute approximate surface area is 125 Å². The second-order valence-electron chi connectivity index (χ2n) is 5.94. The number of likely N-dealkylation sites (tertiary alicyclic amines) is 2. The van der Waals surface area contributed by atoms with E-state index in [4.69, 9.17) is 10.5 Å². The number of hydrogen-bond donors (Lipinski definition) is 1. The molecule has 114 valence electrons. The monoisotopic (exact) mass is 289 g/mol. The number of benzene rings is 1. The first kappa shape index (κ1) is 14.4. The SMILES string of the molecule is NC1CCN(C2CCN(C(=O)Oc3ccccc3)C2)CC1. The van der Waals surface area contributed by atoms with Crippen LogP contribution in [0.5, 0.6) is 5.75 Å². The summed E-state index contributed by atoms with van der Waals surface area (Å²) in [6, 6.07) is 10.1. The number of carbonyl (C=O) groups is 1. The van der Waals surface area contributed by atoms with Crippen LogP contribution in [0, 0.1) is 0 Å². The molecule has 0 aromatic heterocycles. The van der Waals surface area contributed by atoms with Crippen molar-refractivity contribution in [3.63, 3.8) is 0 Å². The van der Waals surface area contributed by atoms with Gasteiger partial charge in [-0.3, -0.25) is 4.90 Å². The second kappa shape index (κ2) is 6.45. The normalized spacial score (nSPS) is 24.2. The molecule has 0 bridgehead atoms. The highest BCUT2D eigenvalue weighted by atomic mass is 16.6. The summed E-state index contributed by atoms with van der Waals surface area (Å²) in [6.45, 7) is 3.64. The first-order valence-corrected chi connectivity index (χ1v) is 7.74. The van der Waals surface area contributed by atoms with Gasteiger partial charge in [0, 0.05) is 25.2 Å². The van der Waals surface area contributed by atoms with Crippen molar-refractivity contribution < 1.29 is 9.53 Å². The molecule has 0 aliphatic carbocycles. The fourth-order valence-corrected chi connectivity index (χ4v) is 3.14. The minimum atomic E-state index is -0.239. The number of carbonyl (C=O) groups excluding carboxylic acids is 1. The molecule has 1 unspecified atom stereocenters. The van der Waals surface area contributed by atoms with E-state index in [-0.39, 0.29) is 6.09 Å². The van der Waals surface area contributed by atoms with Crippen molar-refractivity contribution in [2.75, 3.05) is 26.2 Å². The lowest BCUT2D eigenvalue weighted by Gasteiger charge is -2.34. The van der Waals surface area contributed by atoms with E-state index < -0.39 is 0 Å². The van der Waals surface area contributed by atoms with Gasteiger partial charge in [-0.2, -0.15) is 0 Å². The van der Waals surface area contributed by atoms with Crippen LogP contribution in [0.4, 0.5) is 4.79 Å². The maximum atomic E-state index is 12.2. The number of nitrogens with two attached hydrogens (primary N) is 1. The van der Waals surface area contributed by atoms with Crippen LogP contribution >= 0.6 is 0 Å². The number of ether oxygens (including phenoxy) is 1. The molecule has 2 N–H and O–H groups in total. The van der Waals surface area contributed by atoms with Gasteiger partial charge in [0.25, 0.3) is 0 Å². The van der Waals surface area contributed by atoms with Crippen molar-refractivity contribution in [3.8, 4) is 5.75 Å². The van der Waals surface area contributed by atoms with Crippen LogP contribution in [0.15, 0.2) is 30.3 Å². The van der Waals surface area contributed by atoms with Crippen molar-refractivity contribution >= 4 is 6.09 Å². The van der Waals surface area contributed by atoms with E-state index in [1.165, 1.54) is 0 Å². The average Bonchev–Trinajstić information content (AvgIpc) is 2.99. The molecule has 1 aromatic carbocycles. The van der Waals surface area contributed by atoms with E-state index in [2.05, 4.69) is 4.90 Å². The summed E-state index contributed by atoms with van der Waals surface area (Å²) in [5.74, 6) is 0.606. The average molecular weight is 289 g/mol. The third-order valence-corrected chi connectivity index (χ3v) is 4.46. The maximum Gasteiger partial charge on any atom is 0.415 e. The molecule has 0 spiro atoms. The third-order valence-electron chi connectivity index (χ3n) is 4.46. The van der Waals surface area contributed by atoms with Crippen molar-refractivity contribution in [3.05, 3.63) is 30.3 Å². The molecule has 0 saturated carbocycles. The molecule has 3 rings (SSSR count). The highest BCUT2D eigenvalue weighted by molar-refractivity contribution is 5.71. The number of piperidine rings is 1. The van der Waals surface area contributed by atoms with E-state index in [1.54, 1.807) is 12.1 Å². The summed E-state index contributed by atoms with van der Waals surface area (Å²) < 4.78 is 5.40. The molecule has 2 aliphatic rings. The van der Waals surface area contributed by atoms with Crippen molar-refractivity contribution in [1.82, 2.24) is 9.80 Å². The van der Waals surface area contributed by atoms with Crippen LogP contribution < -0.4 is 10.5 Å². The summed E-state index contributed by atoms with van der Waals surface area (Å²) in [5.41, 5.74) is 5.95. The zero-order valence-corrected chi connectivity index (χ0v) is 12.3. The quantitative estimate of drug-likeness (QED) is 0.900. The van der Waals surface area contributed by atoms with E-state index in [9.17, 15) is 4.79 Å². The van der Waals surface area contributed by atoms with E-state index >= 15 is 0 Å². The van der Waals surface area contributed by atoms with Crippen molar-refractivity contribution in [2.45, 2.75) is 31.3 Å². The van der Waals surface area contributed by atoms with Gasteiger partial charge in [0.2, 0.25) is 0 Å². The van der Waals surface area contributed by atoms with Crippen LogP contribution in [-0.2, 0) is 0 Å². The highest BCUT2D eigenvalue weighted by Gasteiger charge is 2.32. The van der Waals surface area contributed by atoms with Gasteiger partial charge >= 0.3 is 6.09 Å². The Bertz CT molecular complexity index is 472. The number of hydrogen-bond acceptors (Lipinski definition) is 4. The molecule has 2 heterocycles. The summed E-state index contributed by atoms with van der Waals surface area (Å²) in [5, 5.41) is 0. The van der Waals surface area contributed by atoms with Crippen LogP contribution in [-0.4, -0.2) is 54.2 Å². The van der Waals surface area contributed by atoms with Gasteiger partial charge in [0.1, 0.15) is 5.75 Å². The second-order valence-corrected chi connectivity index (χ2v) is 5.94. The highest BCUT2D eigenvalue weighted by Crippen LogP contribution is 2.21. The molecule has 5 nitrogen and oxygen atoms in total. The number of rotatable bonds is 2. The molecule has 1 amide bonds. The Morgan fingerprint density at radius 2 is 1.81 bits per heavy atom. The predicted molar refractivity (Wildman–Crippen MR) is 81.2 cm³/mol. The summed E-state index contributed by atoms with van der Waals surface area (Å²) in [6.07, 6.45) is 2.91. The summed E-state index contributed by atoms with van der Waals surface area (Å²) in [7, 11) is 0. The van der Waals surface area contributed by atoms with Gasteiger partial charge in [-0.05, 0) is 44.5 Å². The van der Waals surface area contributed by atoms with Crippen LogP contribution in [0.3, 0.4) is 0 Å². The molecule has 0 radical (unpaired) electrons. The van der Waals surface area contributed by atoms with Gasteiger partial charge in [-0.15, -0.1) is 0 Å². The lowest BCUT2D eigenvalue weighted by Crippen LogP contribution is -2.46. The largest absolute Gasteiger partial charge is 0.415 e. The van der Waals surface area contributed by atoms with E-state index in [0.717, 1.165) is 45.4 Å². The standard InChI is InChI=1S/C16H23N3O2/c17-13-6-9-18(10-7-13)14-8-11-19(12-14)16(20)21-15-4-2-1-3-5-15/h1-5,13-14H,6-12,17H2. The van der Waals surface area contributed by atoms with Gasteiger partial charge in [0.05, 0.1) is 0 Å². The van der Waals surface area contributed by atoms with Crippen molar-refractivity contribution in [1.29, 1.82) is 0 Å². The molecule has 2 saturated heterocycles. The molecule has 1 atom stereocenters. The van der Waals surface area contributed by atoms with Gasteiger partial charge in [0.15, 0.2) is 0 Å². The number of amides is 1. The number of nitrogens with zero attached hydrogens (tertiary/aromatic N) is 2. The lowest BCUT2D eigenvalue weighted by molar-refractivity contribution is 0.139. The van der Waals surface area contributed by atoms with Gasteiger partial charge in [-0.1, -0.05) is 18.2 Å².